The van der Waals surface area contributed by atoms with Gasteiger partial charge >= 0.3 is 5.97 Å². The van der Waals surface area contributed by atoms with Crippen molar-refractivity contribution in [1.29, 1.82) is 0 Å². The van der Waals surface area contributed by atoms with Crippen LogP contribution in [0.15, 0.2) is 61.2 Å². The number of ether oxygens (including phenoxy) is 3. The summed E-state index contributed by atoms with van der Waals surface area (Å²) in [5.74, 6) is -5.87. The molecule has 0 amide bonds. The smallest absolute Gasteiger partial charge is 0.346 e. The van der Waals surface area contributed by atoms with Crippen LogP contribution in [0.2, 0.25) is 0 Å². The van der Waals surface area contributed by atoms with E-state index >= 15 is 4.39 Å². The molecule has 4 rings (SSSR count). The van der Waals surface area contributed by atoms with Crippen LogP contribution in [0.5, 0.6) is 11.5 Å². The van der Waals surface area contributed by atoms with E-state index in [1.165, 1.54) is 48.5 Å². The highest BCUT2D eigenvalue weighted by atomic mass is 19.2. The summed E-state index contributed by atoms with van der Waals surface area (Å²) in [5, 5.41) is 0. The van der Waals surface area contributed by atoms with Crippen molar-refractivity contribution < 1.29 is 36.6 Å². The van der Waals surface area contributed by atoms with Gasteiger partial charge in [-0.15, -0.1) is 6.58 Å². The van der Waals surface area contributed by atoms with E-state index in [0.717, 1.165) is 25.7 Å². The summed E-state index contributed by atoms with van der Waals surface area (Å²) in [6.07, 6.45) is 7.20. The van der Waals surface area contributed by atoms with E-state index in [9.17, 15) is 18.0 Å². The summed E-state index contributed by atoms with van der Waals surface area (Å²) in [4.78, 5) is 12.7. The van der Waals surface area contributed by atoms with E-state index in [-0.39, 0.29) is 41.3 Å². The summed E-state index contributed by atoms with van der Waals surface area (Å²) in [7, 11) is 0. The third kappa shape index (κ3) is 7.36. The van der Waals surface area contributed by atoms with Gasteiger partial charge in [0, 0.05) is 12.2 Å². The minimum absolute atomic E-state index is 0.0123. The Kier molecular flexibility index (Phi) is 10.6. The lowest BCUT2D eigenvalue weighted by molar-refractivity contribution is 0.0230. The number of unbranched alkanes of at least 4 members (excludes halogenated alkanes) is 1. The summed E-state index contributed by atoms with van der Waals surface area (Å²) >= 11 is 0. The first-order valence-corrected chi connectivity index (χ1v) is 14.0. The number of carbonyl (C=O) groups excluding carboxylic acids is 1. The van der Waals surface area contributed by atoms with Gasteiger partial charge in [0.05, 0.1) is 18.3 Å². The van der Waals surface area contributed by atoms with Crippen LogP contribution in [-0.4, -0.2) is 25.3 Å². The Morgan fingerprint density at radius 1 is 0.878 bits per heavy atom. The summed E-state index contributed by atoms with van der Waals surface area (Å²) in [5.41, 5.74) is 0.0430. The van der Waals surface area contributed by atoms with E-state index < -0.39 is 34.8 Å². The maximum atomic E-state index is 15.0. The molecule has 3 aromatic rings. The zero-order valence-corrected chi connectivity index (χ0v) is 23.1. The third-order valence-corrected chi connectivity index (χ3v) is 7.30. The molecule has 218 valence electrons. The van der Waals surface area contributed by atoms with E-state index in [1.54, 1.807) is 6.08 Å². The third-order valence-electron chi connectivity index (χ3n) is 7.30. The molecule has 0 N–H and O–H groups in total. The Hall–Kier alpha value is -3.65. The summed E-state index contributed by atoms with van der Waals surface area (Å²) < 4.78 is 75.4. The molecule has 0 bridgehead atoms. The molecule has 3 aromatic carbocycles. The fourth-order valence-electron chi connectivity index (χ4n) is 4.96. The van der Waals surface area contributed by atoms with Crippen LogP contribution >= 0.6 is 0 Å². The highest BCUT2D eigenvalue weighted by Gasteiger charge is 2.28. The Labute approximate surface area is 237 Å². The predicted molar refractivity (Wildman–Crippen MR) is 149 cm³/mol. The Morgan fingerprint density at radius 3 is 2.29 bits per heavy atom. The van der Waals surface area contributed by atoms with Gasteiger partial charge in [0.2, 0.25) is 5.82 Å². The van der Waals surface area contributed by atoms with E-state index in [0.29, 0.717) is 31.4 Å². The van der Waals surface area contributed by atoms with Crippen molar-refractivity contribution in [2.24, 2.45) is 0 Å². The maximum Gasteiger partial charge on any atom is 0.346 e. The van der Waals surface area contributed by atoms with Crippen molar-refractivity contribution in [3.8, 4) is 22.6 Å². The fraction of sp³-hybridized carbons (Fsp3) is 0.364. The lowest BCUT2D eigenvalue weighted by Gasteiger charge is -2.29. The number of carbonyl (C=O) groups is 1. The van der Waals surface area contributed by atoms with Gasteiger partial charge in [0.25, 0.3) is 0 Å². The monoisotopic (exact) mass is 570 g/mol. The molecule has 0 spiro atoms. The zero-order chi connectivity index (χ0) is 29.4. The van der Waals surface area contributed by atoms with Gasteiger partial charge < -0.3 is 14.2 Å². The second-order valence-electron chi connectivity index (χ2n) is 10.1. The van der Waals surface area contributed by atoms with Gasteiger partial charge in [-0.25, -0.2) is 18.0 Å². The Bertz CT molecular complexity index is 1350. The number of benzene rings is 3. The number of hydrogen-bond donors (Lipinski definition) is 0. The van der Waals surface area contributed by atoms with Crippen molar-refractivity contribution in [1.82, 2.24) is 0 Å². The maximum absolute atomic E-state index is 15.0. The first-order valence-electron chi connectivity index (χ1n) is 14.0. The average Bonchev–Trinajstić information content (AvgIpc) is 2.98. The van der Waals surface area contributed by atoms with Crippen LogP contribution in [0, 0.1) is 23.3 Å². The number of hydrogen-bond acceptors (Lipinski definition) is 4. The number of halogens is 4. The molecule has 0 heterocycles. The van der Waals surface area contributed by atoms with E-state index in [4.69, 9.17) is 14.2 Å². The van der Waals surface area contributed by atoms with E-state index in [1.807, 2.05) is 0 Å². The van der Waals surface area contributed by atoms with Crippen LogP contribution in [0.1, 0.15) is 73.7 Å². The first kappa shape index (κ1) is 30.3. The molecule has 0 aromatic heterocycles. The van der Waals surface area contributed by atoms with Crippen LogP contribution in [0.25, 0.3) is 11.1 Å². The van der Waals surface area contributed by atoms with Gasteiger partial charge in [-0.1, -0.05) is 37.6 Å². The fourth-order valence-corrected chi connectivity index (χ4v) is 4.96. The topological polar surface area (TPSA) is 44.8 Å². The van der Waals surface area contributed by atoms with Crippen LogP contribution < -0.4 is 9.47 Å². The van der Waals surface area contributed by atoms with E-state index in [2.05, 4.69) is 13.5 Å². The van der Waals surface area contributed by atoms with Gasteiger partial charge in [-0.2, -0.15) is 4.39 Å². The van der Waals surface area contributed by atoms with Gasteiger partial charge in [-0.3, -0.25) is 0 Å². The number of rotatable bonds is 12. The molecule has 4 nitrogen and oxygen atoms in total. The van der Waals surface area contributed by atoms with Gasteiger partial charge in [0.15, 0.2) is 23.2 Å². The molecule has 41 heavy (non-hydrogen) atoms. The van der Waals surface area contributed by atoms with Crippen molar-refractivity contribution in [2.45, 2.75) is 63.9 Å². The normalized spacial score (nSPS) is 16.8. The molecular weight excluding hydrogens is 536 g/mol. The molecule has 1 fully saturated rings. The largest absolute Gasteiger partial charge is 0.490 e. The lowest BCUT2D eigenvalue weighted by Crippen LogP contribution is -2.22. The Balaban J connectivity index is 1.40. The minimum Gasteiger partial charge on any atom is -0.490 e. The minimum atomic E-state index is -1.25. The van der Waals surface area contributed by atoms with Crippen molar-refractivity contribution in [3.05, 3.63) is 95.6 Å². The van der Waals surface area contributed by atoms with Crippen LogP contribution in [0.4, 0.5) is 17.6 Å². The van der Waals surface area contributed by atoms with Gasteiger partial charge in [0.1, 0.15) is 5.75 Å². The lowest BCUT2D eigenvalue weighted by atomic mass is 9.82. The molecule has 1 saturated carbocycles. The highest BCUT2D eigenvalue weighted by molar-refractivity contribution is 5.91. The van der Waals surface area contributed by atoms with Crippen molar-refractivity contribution in [2.75, 3.05) is 13.2 Å². The second-order valence-corrected chi connectivity index (χ2v) is 10.1. The Morgan fingerprint density at radius 2 is 1.61 bits per heavy atom. The number of esters is 1. The summed E-state index contributed by atoms with van der Waals surface area (Å²) in [6.45, 7) is 6.53. The quantitative estimate of drug-likeness (QED) is 0.0717. The van der Waals surface area contributed by atoms with Crippen molar-refractivity contribution in [3.63, 3.8) is 0 Å². The predicted octanol–water partition coefficient (Wildman–Crippen LogP) is 8.93. The highest BCUT2D eigenvalue weighted by Crippen LogP contribution is 2.37. The molecular formula is C33H34F4O4. The van der Waals surface area contributed by atoms with Crippen LogP contribution in [-0.2, 0) is 4.74 Å². The average molecular weight is 571 g/mol. The molecule has 0 aliphatic heterocycles. The van der Waals surface area contributed by atoms with Crippen LogP contribution in [0.3, 0.4) is 0 Å². The van der Waals surface area contributed by atoms with Gasteiger partial charge in [-0.05, 0) is 85.9 Å². The zero-order valence-electron chi connectivity index (χ0n) is 23.1. The molecule has 0 saturated heterocycles. The molecule has 0 radical (unpaired) electrons. The molecule has 1 aliphatic carbocycles. The second kappa shape index (κ2) is 14.3. The van der Waals surface area contributed by atoms with Crippen molar-refractivity contribution >= 4 is 5.97 Å². The standard InChI is InChI=1S/C33H34F4O4/c1-3-5-19-39-23-11-7-21(8-12-23)25-15-16-27(31(36)29(25)34)33(38)41-24-13-9-22(10-14-24)26-17-18-28(32(37)30(26)35)40-20-6-4-2/h4,9-10,13-18,21,23H,2-3,5-8,11-12,19-20H2,1H3. The summed E-state index contributed by atoms with van der Waals surface area (Å²) in [6, 6.07) is 11.0. The molecule has 0 unspecified atom stereocenters. The SMILES string of the molecule is C=CCCOc1ccc(-c2ccc(OC(=O)c3ccc(C4CCC(OCCCC)CC4)c(F)c3F)cc2)c(F)c1F. The molecule has 8 heteroatoms. The molecule has 0 atom stereocenters. The first-order chi connectivity index (χ1) is 19.8. The molecule has 1 aliphatic rings.